The number of carbonyl (C=O) groups is 2. The second kappa shape index (κ2) is 7.94. The van der Waals surface area contributed by atoms with Gasteiger partial charge in [0.1, 0.15) is 0 Å². The van der Waals surface area contributed by atoms with E-state index in [9.17, 15) is 9.59 Å². The fourth-order valence-electron chi connectivity index (χ4n) is 2.80. The van der Waals surface area contributed by atoms with Crippen molar-refractivity contribution in [3.8, 4) is 0 Å². The maximum Gasteiger partial charge on any atom is 0.303 e. The number of benzene rings is 1. The van der Waals surface area contributed by atoms with E-state index in [-0.39, 0.29) is 30.4 Å². The molecule has 0 aliphatic carbocycles. The Kier molecular flexibility index (Phi) is 5.95. The van der Waals surface area contributed by atoms with E-state index in [0.717, 1.165) is 12.0 Å². The predicted molar refractivity (Wildman–Crippen MR) is 82.3 cm³/mol. The molecule has 0 aromatic heterocycles. The van der Waals surface area contributed by atoms with Gasteiger partial charge >= 0.3 is 5.97 Å². The zero-order chi connectivity index (χ0) is 15.9. The molecule has 1 fully saturated rings. The van der Waals surface area contributed by atoms with Crippen LogP contribution in [-0.4, -0.2) is 29.7 Å². The van der Waals surface area contributed by atoms with E-state index >= 15 is 0 Å². The van der Waals surface area contributed by atoms with Crippen LogP contribution in [0.1, 0.15) is 44.2 Å². The molecule has 1 aliphatic heterocycles. The molecule has 0 bridgehead atoms. The van der Waals surface area contributed by atoms with Gasteiger partial charge in [-0.3, -0.25) is 9.59 Å². The molecule has 3 atom stereocenters. The molecule has 0 radical (unpaired) electrons. The number of ether oxygens (including phenoxy) is 1. The highest BCUT2D eigenvalue weighted by Gasteiger charge is 2.27. The summed E-state index contributed by atoms with van der Waals surface area (Å²) in [6, 6.07) is 9.26. The van der Waals surface area contributed by atoms with Crippen molar-refractivity contribution in [1.29, 1.82) is 0 Å². The van der Waals surface area contributed by atoms with Crippen LogP contribution >= 0.6 is 0 Å². The smallest absolute Gasteiger partial charge is 0.303 e. The lowest BCUT2D eigenvalue weighted by atomic mass is 9.94. The summed E-state index contributed by atoms with van der Waals surface area (Å²) in [5, 5.41) is 11.9. The fourth-order valence-corrected chi connectivity index (χ4v) is 2.80. The van der Waals surface area contributed by atoms with Crippen LogP contribution in [0.25, 0.3) is 0 Å². The number of hydrogen-bond acceptors (Lipinski definition) is 3. The van der Waals surface area contributed by atoms with Crippen LogP contribution in [0.2, 0.25) is 0 Å². The monoisotopic (exact) mass is 305 g/mol. The van der Waals surface area contributed by atoms with E-state index in [0.29, 0.717) is 19.4 Å². The standard InChI is InChI=1S/C17H23NO4/c1-12-11-14(9-10-22-12)17(21)18-15(7-8-16(19)20)13-5-3-2-4-6-13/h2-6,12,14-15H,7-11H2,1H3,(H,18,21)(H,19,20). The van der Waals surface area contributed by atoms with Crippen LogP contribution < -0.4 is 5.32 Å². The molecule has 1 aliphatic rings. The van der Waals surface area contributed by atoms with Crippen LogP contribution in [-0.2, 0) is 14.3 Å². The maximum absolute atomic E-state index is 12.5. The van der Waals surface area contributed by atoms with Gasteiger partial charge < -0.3 is 15.2 Å². The van der Waals surface area contributed by atoms with Gasteiger partial charge in [-0.05, 0) is 31.7 Å². The SMILES string of the molecule is CC1CC(C(=O)NC(CCC(=O)O)c2ccccc2)CCO1. The van der Waals surface area contributed by atoms with Gasteiger partial charge in [-0.15, -0.1) is 0 Å². The summed E-state index contributed by atoms with van der Waals surface area (Å²) in [6.45, 7) is 2.57. The van der Waals surface area contributed by atoms with Gasteiger partial charge in [-0.2, -0.15) is 0 Å². The second-order valence-electron chi connectivity index (χ2n) is 5.81. The molecule has 0 spiro atoms. The van der Waals surface area contributed by atoms with Crippen molar-refractivity contribution in [1.82, 2.24) is 5.32 Å². The highest BCUT2D eigenvalue weighted by Crippen LogP contribution is 2.23. The first-order valence-corrected chi connectivity index (χ1v) is 7.75. The van der Waals surface area contributed by atoms with Crippen molar-refractivity contribution in [3.05, 3.63) is 35.9 Å². The molecule has 1 aromatic carbocycles. The number of hydrogen-bond donors (Lipinski definition) is 2. The van der Waals surface area contributed by atoms with Crippen molar-refractivity contribution < 1.29 is 19.4 Å². The van der Waals surface area contributed by atoms with E-state index in [2.05, 4.69) is 5.32 Å². The molecule has 3 unspecified atom stereocenters. The Morgan fingerprint density at radius 1 is 1.36 bits per heavy atom. The van der Waals surface area contributed by atoms with Gasteiger partial charge in [0.05, 0.1) is 12.1 Å². The zero-order valence-corrected chi connectivity index (χ0v) is 12.8. The molecule has 0 saturated carbocycles. The van der Waals surface area contributed by atoms with E-state index in [1.54, 1.807) is 0 Å². The quantitative estimate of drug-likeness (QED) is 0.847. The third-order valence-electron chi connectivity index (χ3n) is 4.02. The Morgan fingerprint density at radius 2 is 2.09 bits per heavy atom. The minimum atomic E-state index is -0.852. The summed E-state index contributed by atoms with van der Waals surface area (Å²) >= 11 is 0. The topological polar surface area (TPSA) is 75.6 Å². The van der Waals surface area contributed by atoms with E-state index in [1.165, 1.54) is 0 Å². The summed E-state index contributed by atoms with van der Waals surface area (Å²) < 4.78 is 5.47. The first-order valence-electron chi connectivity index (χ1n) is 7.75. The molecule has 1 amide bonds. The first-order chi connectivity index (χ1) is 10.6. The van der Waals surface area contributed by atoms with Crippen molar-refractivity contribution in [2.24, 2.45) is 5.92 Å². The number of aliphatic carboxylic acids is 1. The minimum absolute atomic E-state index is 0.00519. The van der Waals surface area contributed by atoms with Crippen molar-refractivity contribution >= 4 is 11.9 Å². The largest absolute Gasteiger partial charge is 0.481 e. The Bertz CT molecular complexity index is 503. The van der Waals surface area contributed by atoms with E-state index in [4.69, 9.17) is 9.84 Å². The van der Waals surface area contributed by atoms with Gasteiger partial charge in [0.25, 0.3) is 0 Å². The summed E-state index contributed by atoms with van der Waals surface area (Å²) in [5.74, 6) is -0.913. The van der Waals surface area contributed by atoms with E-state index < -0.39 is 5.97 Å². The molecule has 1 aromatic rings. The second-order valence-corrected chi connectivity index (χ2v) is 5.81. The molecule has 1 heterocycles. The van der Waals surface area contributed by atoms with Crippen LogP contribution in [0.15, 0.2) is 30.3 Å². The fraction of sp³-hybridized carbons (Fsp3) is 0.529. The summed E-state index contributed by atoms with van der Waals surface area (Å²) in [5.41, 5.74) is 0.942. The van der Waals surface area contributed by atoms with Gasteiger partial charge in [0.15, 0.2) is 0 Å². The Morgan fingerprint density at radius 3 is 2.73 bits per heavy atom. The number of carbonyl (C=O) groups excluding carboxylic acids is 1. The average molecular weight is 305 g/mol. The molecular weight excluding hydrogens is 282 g/mol. The molecule has 120 valence electrons. The number of rotatable bonds is 6. The number of carboxylic acid groups (broad SMARTS) is 1. The van der Waals surface area contributed by atoms with Crippen LogP contribution in [0.4, 0.5) is 0 Å². The molecule has 2 rings (SSSR count). The molecule has 1 saturated heterocycles. The Balaban J connectivity index is 2.02. The molecular formula is C17H23NO4. The Hall–Kier alpha value is -1.88. The van der Waals surface area contributed by atoms with Crippen LogP contribution in [0.3, 0.4) is 0 Å². The molecule has 5 heteroatoms. The van der Waals surface area contributed by atoms with Gasteiger partial charge in [0, 0.05) is 18.9 Å². The van der Waals surface area contributed by atoms with Crippen LogP contribution in [0.5, 0.6) is 0 Å². The normalized spacial score (nSPS) is 22.8. The van der Waals surface area contributed by atoms with Gasteiger partial charge in [-0.1, -0.05) is 30.3 Å². The predicted octanol–water partition coefficient (Wildman–Crippen LogP) is 2.52. The molecule has 2 N–H and O–H groups in total. The highest BCUT2D eigenvalue weighted by atomic mass is 16.5. The van der Waals surface area contributed by atoms with Gasteiger partial charge in [-0.25, -0.2) is 0 Å². The lowest BCUT2D eigenvalue weighted by molar-refractivity contribution is -0.137. The lowest BCUT2D eigenvalue weighted by Gasteiger charge is -2.28. The minimum Gasteiger partial charge on any atom is -0.481 e. The maximum atomic E-state index is 12.5. The zero-order valence-electron chi connectivity index (χ0n) is 12.8. The molecule has 22 heavy (non-hydrogen) atoms. The van der Waals surface area contributed by atoms with Crippen LogP contribution in [0, 0.1) is 5.92 Å². The third kappa shape index (κ3) is 4.84. The van der Waals surface area contributed by atoms with Crippen molar-refractivity contribution in [3.63, 3.8) is 0 Å². The first kappa shape index (κ1) is 16.5. The average Bonchev–Trinajstić information content (AvgIpc) is 2.52. The summed E-state index contributed by atoms with van der Waals surface area (Å²) in [6.07, 6.45) is 1.95. The summed E-state index contributed by atoms with van der Waals surface area (Å²) in [7, 11) is 0. The van der Waals surface area contributed by atoms with E-state index in [1.807, 2.05) is 37.3 Å². The van der Waals surface area contributed by atoms with Crippen molar-refractivity contribution in [2.45, 2.75) is 44.8 Å². The number of nitrogens with one attached hydrogen (secondary N) is 1. The van der Waals surface area contributed by atoms with Gasteiger partial charge in [0.2, 0.25) is 5.91 Å². The Labute approximate surface area is 130 Å². The third-order valence-corrected chi connectivity index (χ3v) is 4.02. The lowest BCUT2D eigenvalue weighted by Crippen LogP contribution is -2.38. The number of amides is 1. The number of carboxylic acids is 1. The highest BCUT2D eigenvalue weighted by molar-refractivity contribution is 5.79. The van der Waals surface area contributed by atoms with Crippen molar-refractivity contribution in [2.75, 3.05) is 6.61 Å². The molecule has 5 nitrogen and oxygen atoms in total. The summed E-state index contributed by atoms with van der Waals surface area (Å²) in [4.78, 5) is 23.3.